The molecule has 0 fully saturated rings. The molecule has 0 amide bonds. The first kappa shape index (κ1) is 17.5. The molecule has 0 atom stereocenters. The molecule has 128 valence electrons. The molecular formula is C16H21N5O3. The third-order valence-corrected chi connectivity index (χ3v) is 3.15. The molecule has 8 heteroatoms. The summed E-state index contributed by atoms with van der Waals surface area (Å²) in [4.78, 5) is 14.7. The Hall–Kier alpha value is -2.90. The highest BCUT2D eigenvalue weighted by Crippen LogP contribution is 2.27. The third-order valence-electron chi connectivity index (χ3n) is 3.15. The summed E-state index contributed by atoms with van der Waals surface area (Å²) >= 11 is 0. The topological polar surface area (TPSA) is 101 Å². The van der Waals surface area contributed by atoms with Gasteiger partial charge in [-0.15, -0.1) is 0 Å². The Morgan fingerprint density at radius 3 is 2.96 bits per heavy atom. The number of unbranched alkanes of at least 4 members (excludes halogenated alkanes) is 2. The number of aromatic amines is 1. The molecule has 0 aliphatic rings. The third kappa shape index (κ3) is 5.38. The molecule has 2 aromatic rings. The van der Waals surface area contributed by atoms with Crippen molar-refractivity contribution in [2.24, 2.45) is 5.10 Å². The molecule has 8 nitrogen and oxygen atoms in total. The van der Waals surface area contributed by atoms with Gasteiger partial charge in [0.1, 0.15) is 0 Å². The number of H-pyrrole nitrogens is 1. The number of aromatic nitrogens is 3. The Bertz CT molecular complexity index is 730. The van der Waals surface area contributed by atoms with Crippen LogP contribution in [0.5, 0.6) is 11.5 Å². The Balaban J connectivity index is 1.98. The Morgan fingerprint density at radius 1 is 1.33 bits per heavy atom. The lowest BCUT2D eigenvalue weighted by Gasteiger charge is -2.11. The predicted molar refractivity (Wildman–Crippen MR) is 91.9 cm³/mol. The molecule has 0 bridgehead atoms. The normalized spacial score (nSPS) is 10.8. The number of benzene rings is 1. The number of hydrogen-bond acceptors (Lipinski definition) is 7. The molecule has 24 heavy (non-hydrogen) atoms. The summed E-state index contributed by atoms with van der Waals surface area (Å²) in [6.07, 6.45) is 6.27. The van der Waals surface area contributed by atoms with Gasteiger partial charge in [-0.2, -0.15) is 15.2 Å². The predicted octanol–water partition coefficient (Wildman–Crippen LogP) is 2.19. The summed E-state index contributed by atoms with van der Waals surface area (Å²) in [5.41, 5.74) is 2.92. The highest BCUT2D eigenvalue weighted by Gasteiger charge is 2.05. The van der Waals surface area contributed by atoms with Crippen LogP contribution < -0.4 is 20.6 Å². The van der Waals surface area contributed by atoms with E-state index in [-0.39, 0.29) is 5.82 Å². The minimum atomic E-state index is -0.540. The standard InChI is InChI=1S/C16H21N5O3/c1-3-4-5-8-24-13-7-6-12(9-14(13)23-2)10-17-20-15-11-18-21-16(22)19-15/h6-7,9-11H,3-5,8H2,1-2H3,(H2,19,20,21,22)/b17-10+. The lowest BCUT2D eigenvalue weighted by Crippen LogP contribution is -2.13. The van der Waals surface area contributed by atoms with Crippen LogP contribution in [0.2, 0.25) is 0 Å². The van der Waals surface area contributed by atoms with Gasteiger partial charge in [-0.3, -0.25) is 5.43 Å². The highest BCUT2D eigenvalue weighted by atomic mass is 16.5. The second-order valence-corrected chi connectivity index (χ2v) is 5.01. The first-order valence-electron chi connectivity index (χ1n) is 7.74. The number of rotatable bonds is 9. The number of ether oxygens (including phenoxy) is 2. The van der Waals surface area contributed by atoms with Crippen LogP contribution in [0.3, 0.4) is 0 Å². The summed E-state index contributed by atoms with van der Waals surface area (Å²) in [5, 5.41) is 9.82. The van der Waals surface area contributed by atoms with E-state index < -0.39 is 5.69 Å². The van der Waals surface area contributed by atoms with Gasteiger partial charge in [0.25, 0.3) is 0 Å². The maximum absolute atomic E-state index is 11.0. The zero-order valence-electron chi connectivity index (χ0n) is 13.8. The molecule has 1 aromatic heterocycles. The highest BCUT2D eigenvalue weighted by molar-refractivity contribution is 5.81. The van der Waals surface area contributed by atoms with E-state index in [1.165, 1.54) is 6.20 Å². The second kappa shape index (κ2) is 9.29. The summed E-state index contributed by atoms with van der Waals surface area (Å²) < 4.78 is 11.1. The van der Waals surface area contributed by atoms with Gasteiger partial charge in [0, 0.05) is 0 Å². The number of methoxy groups -OCH3 is 1. The van der Waals surface area contributed by atoms with Crippen LogP contribution in [-0.4, -0.2) is 35.1 Å². The van der Waals surface area contributed by atoms with Gasteiger partial charge in [-0.25, -0.2) is 9.89 Å². The van der Waals surface area contributed by atoms with Crippen molar-refractivity contribution in [1.82, 2.24) is 15.2 Å². The quantitative estimate of drug-likeness (QED) is 0.415. The van der Waals surface area contributed by atoms with Gasteiger partial charge in [0.15, 0.2) is 17.3 Å². The van der Waals surface area contributed by atoms with Crippen molar-refractivity contribution < 1.29 is 9.47 Å². The van der Waals surface area contributed by atoms with Crippen LogP contribution in [0.25, 0.3) is 0 Å². The van der Waals surface area contributed by atoms with Gasteiger partial charge in [-0.05, 0) is 30.2 Å². The van der Waals surface area contributed by atoms with Gasteiger partial charge in [0.2, 0.25) is 0 Å². The van der Waals surface area contributed by atoms with E-state index in [9.17, 15) is 4.79 Å². The summed E-state index contributed by atoms with van der Waals surface area (Å²) in [5.74, 6) is 1.61. The van der Waals surface area contributed by atoms with E-state index in [1.54, 1.807) is 13.3 Å². The lowest BCUT2D eigenvalue weighted by atomic mass is 10.2. The number of hydrazone groups is 1. The average Bonchev–Trinajstić information content (AvgIpc) is 2.59. The van der Waals surface area contributed by atoms with Crippen LogP contribution in [0.1, 0.15) is 31.7 Å². The van der Waals surface area contributed by atoms with E-state index in [4.69, 9.17) is 9.47 Å². The van der Waals surface area contributed by atoms with E-state index in [0.717, 1.165) is 24.8 Å². The van der Waals surface area contributed by atoms with Crippen LogP contribution >= 0.6 is 0 Å². The van der Waals surface area contributed by atoms with E-state index in [1.807, 2.05) is 18.2 Å². The number of hydrogen-bond donors (Lipinski definition) is 2. The molecule has 1 aromatic carbocycles. The molecular weight excluding hydrogens is 310 g/mol. The lowest BCUT2D eigenvalue weighted by molar-refractivity contribution is 0.286. The maximum atomic E-state index is 11.0. The number of nitrogens with one attached hydrogen (secondary N) is 2. The fourth-order valence-corrected chi connectivity index (χ4v) is 1.96. The van der Waals surface area contributed by atoms with E-state index >= 15 is 0 Å². The van der Waals surface area contributed by atoms with E-state index in [0.29, 0.717) is 18.1 Å². The van der Waals surface area contributed by atoms with Gasteiger partial charge in [-0.1, -0.05) is 19.8 Å². The first-order valence-corrected chi connectivity index (χ1v) is 7.74. The summed E-state index contributed by atoms with van der Waals surface area (Å²) in [6.45, 7) is 2.82. The van der Waals surface area contributed by atoms with Gasteiger partial charge >= 0.3 is 5.69 Å². The van der Waals surface area contributed by atoms with Crippen molar-refractivity contribution in [3.8, 4) is 11.5 Å². The fraction of sp³-hybridized carbons (Fsp3) is 0.375. The Kier molecular flexibility index (Phi) is 6.75. The molecule has 0 saturated carbocycles. The molecule has 0 spiro atoms. The summed E-state index contributed by atoms with van der Waals surface area (Å²) in [7, 11) is 1.60. The first-order chi connectivity index (χ1) is 11.7. The molecule has 2 rings (SSSR count). The van der Waals surface area contributed by atoms with Crippen molar-refractivity contribution in [1.29, 1.82) is 0 Å². The molecule has 0 radical (unpaired) electrons. The minimum Gasteiger partial charge on any atom is -0.493 e. The molecule has 1 heterocycles. The molecule has 0 aliphatic carbocycles. The second-order valence-electron chi connectivity index (χ2n) is 5.01. The fourth-order valence-electron chi connectivity index (χ4n) is 1.96. The van der Waals surface area contributed by atoms with E-state index in [2.05, 4.69) is 32.6 Å². The van der Waals surface area contributed by atoms with Crippen molar-refractivity contribution in [2.45, 2.75) is 26.2 Å². The smallest absolute Gasteiger partial charge is 0.363 e. The van der Waals surface area contributed by atoms with Gasteiger partial charge < -0.3 is 9.47 Å². The monoisotopic (exact) mass is 331 g/mol. The minimum absolute atomic E-state index is 0.262. The zero-order valence-corrected chi connectivity index (χ0v) is 13.8. The van der Waals surface area contributed by atoms with Crippen LogP contribution in [0.15, 0.2) is 34.3 Å². The Labute approximate surface area is 139 Å². The molecule has 0 unspecified atom stereocenters. The van der Waals surface area contributed by atoms with Gasteiger partial charge in [0.05, 0.1) is 26.1 Å². The average molecular weight is 331 g/mol. The molecule has 0 saturated heterocycles. The van der Waals surface area contributed by atoms with Crippen molar-refractivity contribution in [3.05, 3.63) is 40.4 Å². The van der Waals surface area contributed by atoms with Crippen molar-refractivity contribution in [2.75, 3.05) is 19.1 Å². The number of anilines is 1. The summed E-state index contributed by atoms with van der Waals surface area (Å²) in [6, 6.07) is 5.54. The van der Waals surface area contributed by atoms with Crippen molar-refractivity contribution >= 4 is 12.0 Å². The SMILES string of the molecule is CCCCCOc1ccc(/C=N/Nc2cn[nH]c(=O)n2)cc1OC. The largest absolute Gasteiger partial charge is 0.493 e. The van der Waals surface area contributed by atoms with Crippen LogP contribution in [0.4, 0.5) is 5.82 Å². The van der Waals surface area contributed by atoms with Crippen molar-refractivity contribution in [3.63, 3.8) is 0 Å². The number of nitrogens with zero attached hydrogens (tertiary/aromatic N) is 3. The maximum Gasteiger partial charge on any atom is 0.363 e. The van der Waals surface area contributed by atoms with Crippen LogP contribution in [-0.2, 0) is 0 Å². The molecule has 2 N–H and O–H groups in total. The van der Waals surface area contributed by atoms with Crippen LogP contribution in [0, 0.1) is 0 Å². The Morgan fingerprint density at radius 2 is 2.21 bits per heavy atom. The zero-order chi connectivity index (χ0) is 17.2. The molecule has 0 aliphatic heterocycles.